The minimum absolute atomic E-state index is 0.113. The number of terminal acetylenes is 1. The second-order valence-corrected chi connectivity index (χ2v) is 3.62. The highest BCUT2D eigenvalue weighted by atomic mass is 35.5. The molecule has 15 heavy (non-hydrogen) atoms. The fourth-order valence-electron chi connectivity index (χ4n) is 0.958. The average Bonchev–Trinajstić information content (AvgIpc) is 2.21. The van der Waals surface area contributed by atoms with Gasteiger partial charge in [0.05, 0.1) is 11.6 Å². The molecule has 0 radical (unpaired) electrons. The normalized spacial score (nSPS) is 9.47. The van der Waals surface area contributed by atoms with Crippen LogP contribution in [0.2, 0.25) is 10.2 Å². The van der Waals surface area contributed by atoms with Gasteiger partial charge in [-0.1, -0.05) is 29.1 Å². The summed E-state index contributed by atoms with van der Waals surface area (Å²) in [5.41, 5.74) is 0.113. The van der Waals surface area contributed by atoms with Gasteiger partial charge in [-0.15, -0.1) is 6.42 Å². The fourth-order valence-corrected chi connectivity index (χ4v) is 1.29. The van der Waals surface area contributed by atoms with Gasteiger partial charge in [0.15, 0.2) is 0 Å². The van der Waals surface area contributed by atoms with Crippen molar-refractivity contribution in [1.29, 1.82) is 0 Å². The van der Waals surface area contributed by atoms with Gasteiger partial charge in [-0.3, -0.25) is 4.79 Å². The molecule has 0 aromatic carbocycles. The molecule has 5 heteroatoms. The van der Waals surface area contributed by atoms with Crippen molar-refractivity contribution in [3.05, 3.63) is 28.0 Å². The van der Waals surface area contributed by atoms with E-state index in [4.69, 9.17) is 29.6 Å². The maximum Gasteiger partial charge on any atom is 0.274 e. The van der Waals surface area contributed by atoms with Crippen LogP contribution < -0.4 is 0 Å². The highest BCUT2D eigenvalue weighted by molar-refractivity contribution is 6.34. The van der Waals surface area contributed by atoms with E-state index in [-0.39, 0.29) is 28.3 Å². The van der Waals surface area contributed by atoms with E-state index < -0.39 is 0 Å². The Morgan fingerprint density at radius 3 is 2.87 bits per heavy atom. The standard InChI is InChI=1S/C10H8Cl2N2O/c1-3-6-14(2)10(15)9-7(11)4-5-8(12)13-9/h1,4-5H,6H2,2H3. The summed E-state index contributed by atoms with van der Waals surface area (Å²) in [5.74, 6) is 2.01. The van der Waals surface area contributed by atoms with Crippen LogP contribution in [0.3, 0.4) is 0 Å². The molecule has 0 saturated carbocycles. The Bertz CT molecular complexity index is 426. The van der Waals surface area contributed by atoms with E-state index in [2.05, 4.69) is 10.9 Å². The first-order valence-corrected chi connectivity index (χ1v) is 4.83. The van der Waals surface area contributed by atoms with Gasteiger partial charge in [0.25, 0.3) is 5.91 Å². The topological polar surface area (TPSA) is 33.2 Å². The van der Waals surface area contributed by atoms with Crippen LogP contribution in [0, 0.1) is 12.3 Å². The van der Waals surface area contributed by atoms with Gasteiger partial charge < -0.3 is 4.90 Å². The predicted octanol–water partition coefficient (Wildman–Crippen LogP) is 2.09. The lowest BCUT2D eigenvalue weighted by Crippen LogP contribution is -2.28. The van der Waals surface area contributed by atoms with Gasteiger partial charge in [0.2, 0.25) is 0 Å². The van der Waals surface area contributed by atoms with Gasteiger partial charge in [0.1, 0.15) is 10.8 Å². The Hall–Kier alpha value is -1.24. The van der Waals surface area contributed by atoms with Gasteiger partial charge in [-0.25, -0.2) is 4.98 Å². The highest BCUT2D eigenvalue weighted by Crippen LogP contribution is 2.17. The molecule has 0 aliphatic heterocycles. The second kappa shape index (κ2) is 5.01. The third-order valence-corrected chi connectivity index (χ3v) is 2.21. The van der Waals surface area contributed by atoms with Crippen LogP contribution in [0.4, 0.5) is 0 Å². The number of aromatic nitrogens is 1. The Balaban J connectivity index is 3.01. The number of nitrogens with zero attached hydrogens (tertiary/aromatic N) is 2. The third-order valence-electron chi connectivity index (χ3n) is 1.69. The molecule has 0 saturated heterocycles. The van der Waals surface area contributed by atoms with Crippen molar-refractivity contribution in [1.82, 2.24) is 9.88 Å². The molecule has 0 fully saturated rings. The Labute approximate surface area is 98.0 Å². The van der Waals surface area contributed by atoms with Gasteiger partial charge in [-0.05, 0) is 12.1 Å². The van der Waals surface area contributed by atoms with Crippen LogP contribution in [0.5, 0.6) is 0 Å². The van der Waals surface area contributed by atoms with Crippen molar-refractivity contribution in [3.8, 4) is 12.3 Å². The molecule has 78 valence electrons. The smallest absolute Gasteiger partial charge is 0.274 e. The van der Waals surface area contributed by atoms with Gasteiger partial charge >= 0.3 is 0 Å². The van der Waals surface area contributed by atoms with Crippen molar-refractivity contribution < 1.29 is 4.79 Å². The Kier molecular flexibility index (Phi) is 3.96. The van der Waals surface area contributed by atoms with E-state index in [1.54, 1.807) is 7.05 Å². The molecular weight excluding hydrogens is 235 g/mol. The summed E-state index contributed by atoms with van der Waals surface area (Å²) in [6.45, 7) is 0.198. The number of amides is 1. The summed E-state index contributed by atoms with van der Waals surface area (Å²) in [7, 11) is 1.57. The molecule has 0 aliphatic rings. The van der Waals surface area contributed by atoms with E-state index in [0.29, 0.717) is 0 Å². The number of hydrogen-bond donors (Lipinski definition) is 0. The van der Waals surface area contributed by atoms with Crippen LogP contribution in [-0.2, 0) is 0 Å². The largest absolute Gasteiger partial charge is 0.329 e. The lowest BCUT2D eigenvalue weighted by Gasteiger charge is -2.13. The molecule has 0 unspecified atom stereocenters. The molecule has 1 aromatic heterocycles. The van der Waals surface area contributed by atoms with Gasteiger partial charge in [-0.2, -0.15) is 0 Å². The fraction of sp³-hybridized carbons (Fsp3) is 0.200. The molecule has 0 spiro atoms. The van der Waals surface area contributed by atoms with E-state index in [1.165, 1.54) is 17.0 Å². The summed E-state index contributed by atoms with van der Waals surface area (Å²) in [6.07, 6.45) is 5.09. The molecule has 1 amide bonds. The van der Waals surface area contributed by atoms with Crippen molar-refractivity contribution >= 4 is 29.1 Å². The zero-order valence-corrected chi connectivity index (χ0v) is 9.51. The molecule has 0 bridgehead atoms. The van der Waals surface area contributed by atoms with E-state index in [0.717, 1.165) is 0 Å². The first-order chi connectivity index (χ1) is 7.06. The Morgan fingerprint density at radius 2 is 2.27 bits per heavy atom. The van der Waals surface area contributed by atoms with E-state index in [9.17, 15) is 4.79 Å². The summed E-state index contributed by atoms with van der Waals surface area (Å²) in [6, 6.07) is 3.04. The molecule has 3 nitrogen and oxygen atoms in total. The zero-order valence-electron chi connectivity index (χ0n) is 8.00. The summed E-state index contributed by atoms with van der Waals surface area (Å²) in [5, 5.41) is 0.477. The van der Waals surface area contributed by atoms with Crippen molar-refractivity contribution in [2.75, 3.05) is 13.6 Å². The SMILES string of the molecule is C#CCN(C)C(=O)c1nc(Cl)ccc1Cl. The Morgan fingerprint density at radius 1 is 1.60 bits per heavy atom. The van der Waals surface area contributed by atoms with Crippen LogP contribution in [0.15, 0.2) is 12.1 Å². The molecular formula is C10H8Cl2N2O. The average molecular weight is 243 g/mol. The van der Waals surface area contributed by atoms with Crippen molar-refractivity contribution in [3.63, 3.8) is 0 Å². The molecule has 1 heterocycles. The molecule has 1 aromatic rings. The van der Waals surface area contributed by atoms with Gasteiger partial charge in [0, 0.05) is 7.05 Å². The first-order valence-electron chi connectivity index (χ1n) is 4.07. The first kappa shape index (κ1) is 11.8. The van der Waals surface area contributed by atoms with Crippen LogP contribution in [0.1, 0.15) is 10.5 Å². The number of hydrogen-bond acceptors (Lipinski definition) is 2. The summed E-state index contributed by atoms with van der Waals surface area (Å²) >= 11 is 11.5. The minimum atomic E-state index is -0.347. The number of carbonyl (C=O) groups is 1. The zero-order chi connectivity index (χ0) is 11.4. The molecule has 0 aliphatic carbocycles. The van der Waals surface area contributed by atoms with Crippen molar-refractivity contribution in [2.45, 2.75) is 0 Å². The molecule has 1 rings (SSSR count). The predicted molar refractivity (Wildman–Crippen MR) is 60.1 cm³/mol. The summed E-state index contributed by atoms with van der Waals surface area (Å²) < 4.78 is 0. The van der Waals surface area contributed by atoms with E-state index in [1.807, 2.05) is 0 Å². The number of halogens is 2. The van der Waals surface area contributed by atoms with Crippen LogP contribution in [0.25, 0.3) is 0 Å². The third kappa shape index (κ3) is 2.85. The number of pyridine rings is 1. The summed E-state index contributed by atoms with van der Waals surface area (Å²) in [4.78, 5) is 16.9. The molecule has 0 N–H and O–H groups in total. The van der Waals surface area contributed by atoms with E-state index >= 15 is 0 Å². The second-order valence-electron chi connectivity index (χ2n) is 2.83. The number of carbonyl (C=O) groups excluding carboxylic acids is 1. The monoisotopic (exact) mass is 242 g/mol. The van der Waals surface area contributed by atoms with Crippen LogP contribution >= 0.6 is 23.2 Å². The van der Waals surface area contributed by atoms with Crippen LogP contribution in [-0.4, -0.2) is 29.4 Å². The lowest BCUT2D eigenvalue weighted by molar-refractivity contribution is 0.0807. The minimum Gasteiger partial charge on any atom is -0.329 e. The van der Waals surface area contributed by atoms with Crippen molar-refractivity contribution in [2.24, 2.45) is 0 Å². The quantitative estimate of drug-likeness (QED) is 0.588. The highest BCUT2D eigenvalue weighted by Gasteiger charge is 2.16. The maximum atomic E-state index is 11.7. The molecule has 0 atom stereocenters. The number of rotatable bonds is 2. The lowest BCUT2D eigenvalue weighted by atomic mass is 10.3. The maximum absolute atomic E-state index is 11.7.